The summed E-state index contributed by atoms with van der Waals surface area (Å²) in [5.74, 6) is 0.312. The van der Waals surface area contributed by atoms with E-state index in [0.29, 0.717) is 0 Å². The molecular weight excluding hydrogens is 667 g/mol. The van der Waals surface area contributed by atoms with Crippen molar-refractivity contribution >= 4 is 17.3 Å². The molecule has 40 heavy (non-hydrogen) atoms. The van der Waals surface area contributed by atoms with Gasteiger partial charge in [-0.3, -0.25) is 14.4 Å². The number of carbonyl (C=O) groups is 3. The standard InChI is InChI=1S/3C11H20O2.Lu/c3*1-10(2,3)8(12)7-9(13)11(4,5)6;/h3*7,12H,1-6H3;/b3*8-7-;. The van der Waals surface area contributed by atoms with E-state index in [4.69, 9.17) is 0 Å². The largest absolute Gasteiger partial charge is 0.512 e. The van der Waals surface area contributed by atoms with Gasteiger partial charge in [0.05, 0.1) is 0 Å². The van der Waals surface area contributed by atoms with Crippen molar-refractivity contribution in [3.8, 4) is 0 Å². The van der Waals surface area contributed by atoms with Crippen molar-refractivity contribution in [3.05, 3.63) is 35.5 Å². The molecular formula is C33H60LuO6. The first-order valence-electron chi connectivity index (χ1n) is 13.5. The van der Waals surface area contributed by atoms with E-state index < -0.39 is 16.2 Å². The summed E-state index contributed by atoms with van der Waals surface area (Å²) in [6.45, 7) is 33.3. The fraction of sp³-hybridized carbons (Fsp3) is 0.727. The van der Waals surface area contributed by atoms with Gasteiger partial charge >= 0.3 is 0 Å². The molecule has 0 heterocycles. The normalized spacial score (nSPS) is 14.1. The Morgan fingerprint density at radius 2 is 0.475 bits per heavy atom. The van der Waals surface area contributed by atoms with Crippen LogP contribution in [0.4, 0.5) is 0 Å². The van der Waals surface area contributed by atoms with Gasteiger partial charge in [-0.15, -0.1) is 0 Å². The molecule has 0 unspecified atom stereocenters. The molecule has 0 amide bonds. The van der Waals surface area contributed by atoms with Gasteiger partial charge in [0.15, 0.2) is 17.3 Å². The minimum absolute atomic E-state index is 0. The second-order valence-corrected chi connectivity index (χ2v) is 16.2. The molecule has 0 fully saturated rings. The van der Waals surface area contributed by atoms with Crippen LogP contribution in [0.15, 0.2) is 35.5 Å². The van der Waals surface area contributed by atoms with E-state index in [2.05, 4.69) is 0 Å². The summed E-state index contributed by atoms with van der Waals surface area (Å²) in [7, 11) is 0. The van der Waals surface area contributed by atoms with E-state index in [0.717, 1.165) is 0 Å². The maximum atomic E-state index is 11.5. The van der Waals surface area contributed by atoms with E-state index in [1.54, 1.807) is 0 Å². The molecule has 1 radical (unpaired) electrons. The number of hydrogen-bond acceptors (Lipinski definition) is 6. The first-order chi connectivity index (χ1) is 16.6. The number of aliphatic hydroxyl groups is 3. The second-order valence-electron chi connectivity index (χ2n) is 16.2. The summed E-state index contributed by atoms with van der Waals surface area (Å²) in [5, 5.41) is 28.7. The van der Waals surface area contributed by atoms with Gasteiger partial charge in [-0.1, -0.05) is 125 Å². The molecule has 0 aromatic carbocycles. The SMILES string of the molecule is CC(C)(C)C(=O)/C=C(\O)C(C)(C)C.CC(C)(C)C(=O)/C=C(\O)C(C)(C)C.CC(C)(C)C(=O)/C=C(\O)C(C)(C)C.[Lu]. The smallest absolute Gasteiger partial charge is 0.164 e. The average Bonchev–Trinajstić information content (AvgIpc) is 2.64. The summed E-state index contributed by atoms with van der Waals surface area (Å²) >= 11 is 0. The molecule has 0 spiro atoms. The topological polar surface area (TPSA) is 112 Å². The van der Waals surface area contributed by atoms with Crippen LogP contribution in [0.2, 0.25) is 0 Å². The number of aliphatic hydroxyl groups excluding tert-OH is 3. The summed E-state index contributed by atoms with van der Waals surface area (Å²) in [6.07, 6.45) is 4.00. The molecule has 0 aliphatic carbocycles. The van der Waals surface area contributed by atoms with Crippen LogP contribution in [0.1, 0.15) is 125 Å². The quantitative estimate of drug-likeness (QED) is 0.198. The van der Waals surface area contributed by atoms with Crippen LogP contribution in [0.3, 0.4) is 0 Å². The molecule has 3 N–H and O–H groups in total. The fourth-order valence-corrected chi connectivity index (χ4v) is 1.67. The predicted molar refractivity (Wildman–Crippen MR) is 164 cm³/mol. The molecule has 0 saturated carbocycles. The van der Waals surface area contributed by atoms with Gasteiger partial charge < -0.3 is 15.3 Å². The predicted octanol–water partition coefficient (Wildman–Crippen LogP) is 9.27. The maximum absolute atomic E-state index is 11.5. The van der Waals surface area contributed by atoms with Crippen LogP contribution in [-0.4, -0.2) is 32.7 Å². The summed E-state index contributed by atoms with van der Waals surface area (Å²) < 4.78 is 0. The monoisotopic (exact) mass is 727 g/mol. The Bertz CT molecular complexity index is 801. The molecule has 0 aromatic heterocycles. The Morgan fingerprint density at radius 3 is 0.550 bits per heavy atom. The fourth-order valence-electron chi connectivity index (χ4n) is 1.67. The Labute approximate surface area is 275 Å². The molecule has 0 aliphatic rings. The average molecular weight is 728 g/mol. The Kier molecular flexibility index (Phi) is 18.9. The van der Waals surface area contributed by atoms with Gasteiger partial charge in [0.1, 0.15) is 17.3 Å². The summed E-state index contributed by atoms with van der Waals surface area (Å²) in [6, 6.07) is 0. The van der Waals surface area contributed by atoms with E-state index in [9.17, 15) is 29.7 Å². The molecule has 7 heteroatoms. The van der Waals surface area contributed by atoms with E-state index >= 15 is 0 Å². The van der Waals surface area contributed by atoms with Gasteiger partial charge in [-0.25, -0.2) is 0 Å². The molecule has 0 rings (SSSR count). The van der Waals surface area contributed by atoms with Gasteiger partial charge in [-0.05, 0) is 0 Å². The van der Waals surface area contributed by atoms with Crippen molar-refractivity contribution < 1.29 is 66.6 Å². The summed E-state index contributed by atoms with van der Waals surface area (Å²) in [5.41, 5.74) is -2.29. The van der Waals surface area contributed by atoms with Crippen molar-refractivity contribution in [1.29, 1.82) is 0 Å². The minimum Gasteiger partial charge on any atom is -0.512 e. The van der Waals surface area contributed by atoms with E-state index in [1.165, 1.54) is 18.2 Å². The van der Waals surface area contributed by atoms with Gasteiger partial charge in [0.25, 0.3) is 0 Å². The second kappa shape index (κ2) is 16.5. The van der Waals surface area contributed by atoms with Crippen molar-refractivity contribution in [2.75, 3.05) is 0 Å². The molecule has 0 aliphatic heterocycles. The molecule has 0 bridgehead atoms. The molecule has 0 aromatic rings. The first-order valence-corrected chi connectivity index (χ1v) is 13.5. The third-order valence-electron chi connectivity index (χ3n) is 5.33. The number of ketones is 3. The zero-order chi connectivity index (χ0) is 32.6. The third kappa shape index (κ3) is 21.6. The van der Waals surface area contributed by atoms with Crippen LogP contribution < -0.4 is 0 Å². The van der Waals surface area contributed by atoms with Crippen LogP contribution >= 0.6 is 0 Å². The van der Waals surface area contributed by atoms with Crippen molar-refractivity contribution in [2.24, 2.45) is 32.5 Å². The van der Waals surface area contributed by atoms with Gasteiger partial charge in [0.2, 0.25) is 0 Å². The van der Waals surface area contributed by atoms with Crippen LogP contribution in [0, 0.1) is 69.4 Å². The van der Waals surface area contributed by atoms with E-state index in [1.807, 2.05) is 125 Å². The number of hydrogen-bond donors (Lipinski definition) is 3. The van der Waals surface area contributed by atoms with Crippen LogP contribution in [0.25, 0.3) is 0 Å². The Hall–Kier alpha value is -1.14. The van der Waals surface area contributed by atoms with Crippen molar-refractivity contribution in [2.45, 2.75) is 125 Å². The zero-order valence-electron chi connectivity index (χ0n) is 28.6. The summed E-state index contributed by atoms with van der Waals surface area (Å²) in [4.78, 5) is 34.5. The Balaban J connectivity index is -0.000000240. The zero-order valence-corrected chi connectivity index (χ0v) is 30.2. The maximum Gasteiger partial charge on any atom is 0.164 e. The van der Waals surface area contributed by atoms with Crippen LogP contribution in [-0.2, 0) is 14.4 Å². The first kappa shape index (κ1) is 45.8. The number of carbonyl (C=O) groups excluding carboxylic acids is 3. The molecule has 0 saturated heterocycles. The minimum atomic E-state index is -0.417. The number of allylic oxidation sites excluding steroid dienone is 6. The third-order valence-corrected chi connectivity index (χ3v) is 5.33. The number of rotatable bonds is 3. The van der Waals surface area contributed by atoms with Crippen molar-refractivity contribution in [1.82, 2.24) is 0 Å². The van der Waals surface area contributed by atoms with Crippen molar-refractivity contribution in [3.63, 3.8) is 0 Å². The molecule has 243 valence electrons. The van der Waals surface area contributed by atoms with Crippen LogP contribution in [0.5, 0.6) is 0 Å². The molecule has 6 nitrogen and oxygen atoms in total. The van der Waals surface area contributed by atoms with Gasteiger partial charge in [0, 0.05) is 87.6 Å². The van der Waals surface area contributed by atoms with E-state index in [-0.39, 0.29) is 87.7 Å². The van der Waals surface area contributed by atoms with Gasteiger partial charge in [-0.2, -0.15) is 0 Å². The molecule has 0 atom stereocenters. The Morgan fingerprint density at radius 1 is 0.350 bits per heavy atom.